The number of nitrogens with zero attached hydrogens (tertiary/aromatic N) is 1. The fourth-order valence-electron chi connectivity index (χ4n) is 2.43. The van der Waals surface area contributed by atoms with Gasteiger partial charge in [0.05, 0.1) is 27.9 Å². The monoisotopic (exact) mass is 389 g/mol. The van der Waals surface area contributed by atoms with E-state index in [2.05, 4.69) is 0 Å². The van der Waals surface area contributed by atoms with Gasteiger partial charge in [-0.3, -0.25) is 4.79 Å². The molecular formula is C21H24FNO5. The van der Waals surface area contributed by atoms with Crippen LogP contribution in [0, 0.1) is 5.82 Å². The number of methoxy groups -OCH3 is 3. The minimum Gasteiger partial charge on any atom is -0.493 e. The Kier molecular flexibility index (Phi) is 7.68. The molecule has 28 heavy (non-hydrogen) atoms. The van der Waals surface area contributed by atoms with Gasteiger partial charge in [0.1, 0.15) is 18.2 Å². The maximum absolute atomic E-state index is 12.9. The van der Waals surface area contributed by atoms with Crippen molar-refractivity contribution in [3.63, 3.8) is 0 Å². The van der Waals surface area contributed by atoms with E-state index in [0.29, 0.717) is 36.1 Å². The minimum atomic E-state index is -0.323. The molecule has 0 radical (unpaired) electrons. The van der Waals surface area contributed by atoms with Crippen LogP contribution in [-0.4, -0.2) is 52.3 Å². The van der Waals surface area contributed by atoms with E-state index in [9.17, 15) is 9.18 Å². The lowest BCUT2D eigenvalue weighted by Crippen LogP contribution is -2.29. The molecule has 7 heteroatoms. The van der Waals surface area contributed by atoms with Crippen LogP contribution in [0.1, 0.15) is 5.56 Å². The van der Waals surface area contributed by atoms with Crippen molar-refractivity contribution in [1.29, 1.82) is 0 Å². The number of hydrogen-bond acceptors (Lipinski definition) is 5. The molecule has 0 unspecified atom stereocenters. The predicted molar refractivity (Wildman–Crippen MR) is 105 cm³/mol. The molecule has 0 aliphatic heterocycles. The van der Waals surface area contributed by atoms with Crippen molar-refractivity contribution in [2.45, 2.75) is 0 Å². The Morgan fingerprint density at radius 1 is 1.04 bits per heavy atom. The van der Waals surface area contributed by atoms with Gasteiger partial charge in [0.15, 0.2) is 11.5 Å². The van der Waals surface area contributed by atoms with Crippen LogP contribution in [0.25, 0.3) is 6.08 Å². The number of amides is 1. The van der Waals surface area contributed by atoms with Gasteiger partial charge in [0.25, 0.3) is 0 Å². The Labute approximate surface area is 164 Å². The lowest BCUT2D eigenvalue weighted by atomic mass is 10.1. The van der Waals surface area contributed by atoms with Crippen LogP contribution < -0.4 is 18.9 Å². The van der Waals surface area contributed by atoms with E-state index in [1.54, 1.807) is 37.4 Å². The van der Waals surface area contributed by atoms with Gasteiger partial charge >= 0.3 is 0 Å². The molecule has 0 saturated heterocycles. The number of rotatable bonds is 9. The molecule has 2 aromatic rings. The van der Waals surface area contributed by atoms with Crippen molar-refractivity contribution in [1.82, 2.24) is 4.90 Å². The maximum atomic E-state index is 12.9. The molecule has 0 atom stereocenters. The van der Waals surface area contributed by atoms with Gasteiger partial charge in [-0.25, -0.2) is 4.39 Å². The van der Waals surface area contributed by atoms with Crippen molar-refractivity contribution < 1.29 is 28.1 Å². The van der Waals surface area contributed by atoms with Gasteiger partial charge in [-0.2, -0.15) is 0 Å². The number of halogens is 1. The molecule has 0 aromatic heterocycles. The molecule has 0 bridgehead atoms. The highest BCUT2D eigenvalue weighted by atomic mass is 19.1. The second-order valence-corrected chi connectivity index (χ2v) is 5.85. The van der Waals surface area contributed by atoms with Crippen LogP contribution in [0.2, 0.25) is 0 Å². The number of ether oxygens (including phenoxy) is 4. The molecule has 0 N–H and O–H groups in total. The Morgan fingerprint density at radius 2 is 1.64 bits per heavy atom. The van der Waals surface area contributed by atoms with E-state index < -0.39 is 0 Å². The third-order valence-corrected chi connectivity index (χ3v) is 3.99. The number of carbonyl (C=O) groups is 1. The highest BCUT2D eigenvalue weighted by molar-refractivity contribution is 5.91. The zero-order chi connectivity index (χ0) is 20.5. The second kappa shape index (κ2) is 10.2. The number of hydrogen-bond donors (Lipinski definition) is 0. The molecule has 0 aliphatic rings. The predicted octanol–water partition coefficient (Wildman–Crippen LogP) is 3.40. The van der Waals surface area contributed by atoms with Crippen LogP contribution >= 0.6 is 0 Å². The van der Waals surface area contributed by atoms with Gasteiger partial charge in [-0.1, -0.05) is 0 Å². The fraction of sp³-hybridized carbons (Fsp3) is 0.286. The standard InChI is InChI=1S/C21H24FNO5/c1-23(11-12-28-17-8-6-16(22)7-9-17)20(24)10-5-15-13-18(25-2)21(27-4)19(14-15)26-3/h5-10,13-14H,11-12H2,1-4H3/b10-5+. The second-order valence-electron chi connectivity index (χ2n) is 5.85. The molecule has 2 aromatic carbocycles. The first-order chi connectivity index (χ1) is 13.5. The zero-order valence-corrected chi connectivity index (χ0v) is 16.4. The number of carbonyl (C=O) groups excluding carboxylic acids is 1. The van der Waals surface area contributed by atoms with Crippen molar-refractivity contribution in [3.8, 4) is 23.0 Å². The summed E-state index contributed by atoms with van der Waals surface area (Å²) in [5, 5.41) is 0. The topological polar surface area (TPSA) is 57.2 Å². The molecular weight excluding hydrogens is 365 g/mol. The van der Waals surface area contributed by atoms with Gasteiger partial charge < -0.3 is 23.8 Å². The SMILES string of the molecule is COc1cc(/C=C/C(=O)N(C)CCOc2ccc(F)cc2)cc(OC)c1OC. The van der Waals surface area contributed by atoms with Crippen LogP contribution in [-0.2, 0) is 4.79 Å². The largest absolute Gasteiger partial charge is 0.493 e. The van der Waals surface area contributed by atoms with Crippen LogP contribution in [0.5, 0.6) is 23.0 Å². The summed E-state index contributed by atoms with van der Waals surface area (Å²) in [6, 6.07) is 9.24. The number of benzene rings is 2. The summed E-state index contributed by atoms with van der Waals surface area (Å²) in [6.45, 7) is 0.682. The summed E-state index contributed by atoms with van der Waals surface area (Å²) in [5.74, 6) is 1.55. The van der Waals surface area contributed by atoms with Crippen molar-refractivity contribution in [3.05, 3.63) is 53.9 Å². The third-order valence-electron chi connectivity index (χ3n) is 3.99. The van der Waals surface area contributed by atoms with E-state index in [1.807, 2.05) is 0 Å². The van der Waals surface area contributed by atoms with E-state index in [-0.39, 0.29) is 11.7 Å². The van der Waals surface area contributed by atoms with Gasteiger partial charge in [0, 0.05) is 13.1 Å². The van der Waals surface area contributed by atoms with Gasteiger partial charge in [-0.15, -0.1) is 0 Å². The normalized spacial score (nSPS) is 10.6. The summed E-state index contributed by atoms with van der Waals surface area (Å²) in [6.07, 6.45) is 3.13. The van der Waals surface area contributed by atoms with Crippen LogP contribution in [0.15, 0.2) is 42.5 Å². The molecule has 150 valence electrons. The molecule has 0 spiro atoms. The first-order valence-corrected chi connectivity index (χ1v) is 8.60. The maximum Gasteiger partial charge on any atom is 0.246 e. The Bertz CT molecular complexity index is 795. The van der Waals surface area contributed by atoms with Crippen molar-refractivity contribution in [2.24, 2.45) is 0 Å². The summed E-state index contributed by atoms with van der Waals surface area (Å²) in [5.41, 5.74) is 0.735. The molecule has 0 aliphatic carbocycles. The summed E-state index contributed by atoms with van der Waals surface area (Å²) < 4.78 is 34.3. The van der Waals surface area contributed by atoms with E-state index in [0.717, 1.165) is 5.56 Å². The summed E-state index contributed by atoms with van der Waals surface area (Å²) in [4.78, 5) is 13.8. The summed E-state index contributed by atoms with van der Waals surface area (Å²) in [7, 11) is 6.27. The highest BCUT2D eigenvalue weighted by Gasteiger charge is 2.12. The third kappa shape index (κ3) is 5.64. The lowest BCUT2D eigenvalue weighted by molar-refractivity contribution is -0.125. The van der Waals surface area contributed by atoms with E-state index in [4.69, 9.17) is 18.9 Å². The Balaban J connectivity index is 1.95. The Hall–Kier alpha value is -3.22. The number of likely N-dealkylation sites (N-methyl/N-ethyl adjacent to an activating group) is 1. The van der Waals surface area contributed by atoms with Gasteiger partial charge in [-0.05, 0) is 48.0 Å². The quantitative estimate of drug-likeness (QED) is 0.615. The molecule has 0 saturated carbocycles. The fourth-order valence-corrected chi connectivity index (χ4v) is 2.43. The van der Waals surface area contributed by atoms with Crippen molar-refractivity contribution >= 4 is 12.0 Å². The van der Waals surface area contributed by atoms with Crippen LogP contribution in [0.3, 0.4) is 0 Å². The Morgan fingerprint density at radius 3 is 2.18 bits per heavy atom. The molecule has 6 nitrogen and oxygen atoms in total. The van der Waals surface area contributed by atoms with Crippen molar-refractivity contribution in [2.75, 3.05) is 41.5 Å². The molecule has 2 rings (SSSR count). The first kappa shape index (κ1) is 21.1. The first-order valence-electron chi connectivity index (χ1n) is 8.60. The van der Waals surface area contributed by atoms with E-state index >= 15 is 0 Å². The average Bonchev–Trinajstić information content (AvgIpc) is 2.72. The van der Waals surface area contributed by atoms with Crippen LogP contribution in [0.4, 0.5) is 4.39 Å². The highest BCUT2D eigenvalue weighted by Crippen LogP contribution is 2.38. The molecule has 1 amide bonds. The molecule has 0 fully saturated rings. The lowest BCUT2D eigenvalue weighted by Gasteiger charge is -2.16. The molecule has 0 heterocycles. The average molecular weight is 389 g/mol. The minimum absolute atomic E-state index is 0.184. The van der Waals surface area contributed by atoms with Gasteiger partial charge in [0.2, 0.25) is 11.7 Å². The van der Waals surface area contributed by atoms with E-state index in [1.165, 1.54) is 44.4 Å². The summed E-state index contributed by atoms with van der Waals surface area (Å²) >= 11 is 0. The zero-order valence-electron chi connectivity index (χ0n) is 16.4. The smallest absolute Gasteiger partial charge is 0.246 e.